The smallest absolute Gasteiger partial charge is 0.260 e. The zero-order valence-corrected chi connectivity index (χ0v) is 11.3. The molecule has 4 heteroatoms. The van der Waals surface area contributed by atoms with E-state index in [0.29, 0.717) is 10.8 Å². The Balaban J connectivity index is 2.70. The highest BCUT2D eigenvalue weighted by Gasteiger charge is 2.16. The normalized spacial score (nSPS) is 12.4. The van der Waals surface area contributed by atoms with Gasteiger partial charge in [-0.15, -0.1) is 0 Å². The number of benzene rings is 1. The Labute approximate surface area is 107 Å². The van der Waals surface area contributed by atoms with E-state index in [0.717, 1.165) is 5.56 Å². The van der Waals surface area contributed by atoms with Crippen LogP contribution in [-0.4, -0.2) is 18.1 Å². The van der Waals surface area contributed by atoms with Gasteiger partial charge < -0.3 is 10.1 Å². The molecule has 0 saturated heterocycles. The highest BCUT2D eigenvalue weighted by molar-refractivity contribution is 6.32. The van der Waals surface area contributed by atoms with Crippen LogP contribution in [0.15, 0.2) is 18.2 Å². The lowest BCUT2D eigenvalue weighted by Crippen LogP contribution is -2.40. The number of nitrogens with one attached hydrogen (secondary N) is 1. The number of halogens is 1. The van der Waals surface area contributed by atoms with Gasteiger partial charge in [0.2, 0.25) is 0 Å². The molecule has 94 valence electrons. The van der Waals surface area contributed by atoms with E-state index >= 15 is 0 Å². The SMILES string of the molecule is Cc1ccc(Cl)c(O[C@H](C)C(=O)NC(C)C)c1. The lowest BCUT2D eigenvalue weighted by Gasteiger charge is -2.17. The number of rotatable bonds is 4. The molecule has 0 aliphatic rings. The maximum atomic E-state index is 11.7. The molecule has 1 rings (SSSR count). The quantitative estimate of drug-likeness (QED) is 0.898. The van der Waals surface area contributed by atoms with Crippen molar-refractivity contribution in [2.45, 2.75) is 39.8 Å². The van der Waals surface area contributed by atoms with Gasteiger partial charge in [-0.05, 0) is 45.4 Å². The molecule has 0 aliphatic heterocycles. The second-order valence-electron chi connectivity index (χ2n) is 4.36. The molecule has 1 amide bonds. The van der Waals surface area contributed by atoms with Gasteiger partial charge in [-0.1, -0.05) is 17.7 Å². The van der Waals surface area contributed by atoms with E-state index in [2.05, 4.69) is 5.32 Å². The van der Waals surface area contributed by atoms with Gasteiger partial charge in [-0.25, -0.2) is 0 Å². The van der Waals surface area contributed by atoms with Gasteiger partial charge in [-0.2, -0.15) is 0 Å². The molecule has 0 heterocycles. The molecule has 0 bridgehead atoms. The fraction of sp³-hybridized carbons (Fsp3) is 0.462. The van der Waals surface area contributed by atoms with Crippen molar-refractivity contribution in [3.8, 4) is 5.75 Å². The summed E-state index contributed by atoms with van der Waals surface area (Å²) in [6.07, 6.45) is -0.559. The summed E-state index contributed by atoms with van der Waals surface area (Å²) in [7, 11) is 0. The van der Waals surface area contributed by atoms with Crippen LogP contribution >= 0.6 is 11.6 Å². The van der Waals surface area contributed by atoms with Gasteiger partial charge in [0.25, 0.3) is 5.91 Å². The molecule has 0 radical (unpaired) electrons. The first-order valence-corrected chi connectivity index (χ1v) is 6.01. The molecule has 1 atom stereocenters. The van der Waals surface area contributed by atoms with Crippen LogP contribution in [0, 0.1) is 6.92 Å². The van der Waals surface area contributed by atoms with Crippen molar-refractivity contribution in [3.05, 3.63) is 28.8 Å². The molecular formula is C13H18ClNO2. The Morgan fingerprint density at radius 1 is 1.35 bits per heavy atom. The van der Waals surface area contributed by atoms with Crippen LogP contribution in [-0.2, 0) is 4.79 Å². The number of carbonyl (C=O) groups excluding carboxylic acids is 1. The Hall–Kier alpha value is -1.22. The Morgan fingerprint density at radius 2 is 2.00 bits per heavy atom. The van der Waals surface area contributed by atoms with E-state index in [9.17, 15) is 4.79 Å². The number of amides is 1. The molecule has 1 N–H and O–H groups in total. The van der Waals surface area contributed by atoms with Gasteiger partial charge in [0.05, 0.1) is 5.02 Å². The van der Waals surface area contributed by atoms with Crippen molar-refractivity contribution in [2.75, 3.05) is 0 Å². The van der Waals surface area contributed by atoms with Crippen LogP contribution in [0.1, 0.15) is 26.3 Å². The first-order chi connectivity index (χ1) is 7.90. The summed E-state index contributed by atoms with van der Waals surface area (Å²) < 4.78 is 5.54. The number of carbonyl (C=O) groups is 1. The molecule has 17 heavy (non-hydrogen) atoms. The van der Waals surface area contributed by atoms with Crippen LogP contribution in [0.3, 0.4) is 0 Å². The first-order valence-electron chi connectivity index (χ1n) is 5.63. The predicted octanol–water partition coefficient (Wildman–Crippen LogP) is 2.94. The molecule has 1 aromatic carbocycles. The standard InChI is InChI=1S/C13H18ClNO2/c1-8(2)15-13(16)10(4)17-12-7-9(3)5-6-11(12)14/h5-8,10H,1-4H3,(H,15,16)/t10-/m1/s1. The Kier molecular flexibility index (Phi) is 4.82. The second kappa shape index (κ2) is 5.92. The van der Waals surface area contributed by atoms with Crippen molar-refractivity contribution in [1.82, 2.24) is 5.32 Å². The monoisotopic (exact) mass is 255 g/mol. The fourth-order valence-electron chi connectivity index (χ4n) is 1.35. The summed E-state index contributed by atoms with van der Waals surface area (Å²) in [5, 5.41) is 3.30. The third-order valence-electron chi connectivity index (χ3n) is 2.19. The summed E-state index contributed by atoms with van der Waals surface area (Å²) >= 11 is 5.99. The van der Waals surface area contributed by atoms with Crippen molar-refractivity contribution in [3.63, 3.8) is 0 Å². The van der Waals surface area contributed by atoms with E-state index in [1.807, 2.05) is 32.9 Å². The molecule has 0 aromatic heterocycles. The first kappa shape index (κ1) is 13.8. The largest absolute Gasteiger partial charge is 0.479 e. The maximum absolute atomic E-state index is 11.7. The number of ether oxygens (including phenoxy) is 1. The molecule has 0 saturated carbocycles. The van der Waals surface area contributed by atoms with Crippen molar-refractivity contribution in [2.24, 2.45) is 0 Å². The molecule has 3 nitrogen and oxygen atoms in total. The van der Waals surface area contributed by atoms with Crippen molar-refractivity contribution < 1.29 is 9.53 Å². The lowest BCUT2D eigenvalue weighted by atomic mass is 10.2. The maximum Gasteiger partial charge on any atom is 0.260 e. The summed E-state index contributed by atoms with van der Waals surface area (Å²) in [4.78, 5) is 11.7. The van der Waals surface area contributed by atoms with Crippen LogP contribution in [0.5, 0.6) is 5.75 Å². The number of hydrogen-bond donors (Lipinski definition) is 1. The van der Waals surface area contributed by atoms with E-state index < -0.39 is 6.10 Å². The highest BCUT2D eigenvalue weighted by Crippen LogP contribution is 2.26. The topological polar surface area (TPSA) is 38.3 Å². The van der Waals surface area contributed by atoms with Crippen LogP contribution in [0.2, 0.25) is 5.02 Å². The minimum absolute atomic E-state index is 0.0986. The molecule has 0 spiro atoms. The average molecular weight is 256 g/mol. The summed E-state index contributed by atoms with van der Waals surface area (Å²) in [6.45, 7) is 7.47. The Bertz CT molecular complexity index is 404. The molecule has 1 aromatic rings. The third-order valence-corrected chi connectivity index (χ3v) is 2.50. The van der Waals surface area contributed by atoms with Crippen LogP contribution < -0.4 is 10.1 Å². The van der Waals surface area contributed by atoms with Gasteiger partial charge in [0.15, 0.2) is 6.10 Å². The summed E-state index contributed by atoms with van der Waals surface area (Å²) in [5.41, 5.74) is 1.04. The average Bonchev–Trinajstić information content (AvgIpc) is 2.22. The Morgan fingerprint density at radius 3 is 2.59 bits per heavy atom. The van der Waals surface area contributed by atoms with Gasteiger partial charge in [-0.3, -0.25) is 4.79 Å². The predicted molar refractivity (Wildman–Crippen MR) is 69.6 cm³/mol. The van der Waals surface area contributed by atoms with Gasteiger partial charge >= 0.3 is 0 Å². The van der Waals surface area contributed by atoms with Crippen molar-refractivity contribution in [1.29, 1.82) is 0 Å². The number of hydrogen-bond acceptors (Lipinski definition) is 2. The number of aryl methyl sites for hydroxylation is 1. The molecular weight excluding hydrogens is 238 g/mol. The minimum atomic E-state index is -0.559. The van der Waals surface area contributed by atoms with Gasteiger partial charge in [0.1, 0.15) is 5.75 Å². The molecule has 0 aliphatic carbocycles. The summed E-state index contributed by atoms with van der Waals surface area (Å²) in [5.74, 6) is 0.399. The lowest BCUT2D eigenvalue weighted by molar-refractivity contribution is -0.127. The van der Waals surface area contributed by atoms with E-state index in [1.165, 1.54) is 0 Å². The van der Waals surface area contributed by atoms with Crippen LogP contribution in [0.4, 0.5) is 0 Å². The molecule has 0 fully saturated rings. The zero-order chi connectivity index (χ0) is 13.0. The fourth-order valence-corrected chi connectivity index (χ4v) is 1.51. The second-order valence-corrected chi connectivity index (χ2v) is 4.76. The van der Waals surface area contributed by atoms with E-state index in [1.54, 1.807) is 13.0 Å². The third kappa shape index (κ3) is 4.27. The van der Waals surface area contributed by atoms with Gasteiger partial charge in [0, 0.05) is 6.04 Å². The van der Waals surface area contributed by atoms with E-state index in [-0.39, 0.29) is 11.9 Å². The van der Waals surface area contributed by atoms with Crippen LogP contribution in [0.25, 0.3) is 0 Å². The summed E-state index contributed by atoms with van der Waals surface area (Å²) in [6, 6.07) is 5.58. The van der Waals surface area contributed by atoms with Crippen molar-refractivity contribution >= 4 is 17.5 Å². The van der Waals surface area contributed by atoms with E-state index in [4.69, 9.17) is 16.3 Å². The highest BCUT2D eigenvalue weighted by atomic mass is 35.5. The zero-order valence-electron chi connectivity index (χ0n) is 10.6. The minimum Gasteiger partial charge on any atom is -0.479 e. The molecule has 0 unspecified atom stereocenters.